The molecule has 2 heteroatoms. The van der Waals surface area contributed by atoms with Gasteiger partial charge in [-0.15, -0.1) is 0 Å². The number of rotatable bonds is 0. The van der Waals surface area contributed by atoms with Crippen LogP contribution in [0, 0.1) is 40.4 Å². The monoisotopic (exact) mass is 320 g/mol. The lowest BCUT2D eigenvalue weighted by Gasteiger charge is -2.63. The lowest BCUT2D eigenvalue weighted by atomic mass is 9.42. The van der Waals surface area contributed by atoms with Crippen LogP contribution < -0.4 is 0 Å². The third kappa shape index (κ3) is 2.20. The summed E-state index contributed by atoms with van der Waals surface area (Å²) in [6, 6.07) is 0. The molecule has 0 bridgehead atoms. The minimum atomic E-state index is -0.441. The summed E-state index contributed by atoms with van der Waals surface area (Å²) in [5.41, 5.74) is 0.163. The summed E-state index contributed by atoms with van der Waals surface area (Å²) in [6.07, 6.45) is 9.16. The Hall–Kier alpha value is -0.0800. The van der Waals surface area contributed by atoms with Crippen LogP contribution in [-0.2, 0) is 0 Å². The summed E-state index contributed by atoms with van der Waals surface area (Å²) in [5, 5.41) is 21.2. The van der Waals surface area contributed by atoms with Crippen LogP contribution >= 0.6 is 0 Å². The summed E-state index contributed by atoms with van der Waals surface area (Å²) >= 11 is 0. The highest BCUT2D eigenvalue weighted by Crippen LogP contribution is 2.68. The molecule has 0 aromatic heterocycles. The highest BCUT2D eigenvalue weighted by Gasteiger charge is 2.62. The van der Waals surface area contributed by atoms with E-state index in [-0.39, 0.29) is 11.5 Å². The summed E-state index contributed by atoms with van der Waals surface area (Å²) in [5.74, 6) is 3.79. The Bertz CT molecular complexity index is 486. The summed E-state index contributed by atoms with van der Waals surface area (Å²) in [7, 11) is 0. The molecule has 0 aromatic rings. The van der Waals surface area contributed by atoms with Crippen molar-refractivity contribution >= 4 is 0 Å². The fourth-order valence-electron chi connectivity index (χ4n) is 7.79. The van der Waals surface area contributed by atoms with Crippen molar-refractivity contribution < 1.29 is 10.2 Å². The molecule has 2 N–H and O–H groups in total. The van der Waals surface area contributed by atoms with Gasteiger partial charge in [-0.05, 0) is 98.7 Å². The standard InChI is InChI=1S/C21H36O2/c1-13-11-14-12-19(2,23)9-10-20(14,3)16-7-8-21(4)15(18(13)16)5-6-17(21)22/h13-18,22-23H,5-12H2,1-4H3/t13-,14-,15-,16-,17-,18-,19+,20-,21-/m0/s1. The van der Waals surface area contributed by atoms with Crippen molar-refractivity contribution in [3.05, 3.63) is 0 Å². The van der Waals surface area contributed by atoms with Gasteiger partial charge >= 0.3 is 0 Å². The van der Waals surface area contributed by atoms with Gasteiger partial charge in [0.25, 0.3) is 0 Å². The van der Waals surface area contributed by atoms with Crippen molar-refractivity contribution in [2.45, 2.75) is 90.8 Å². The predicted octanol–water partition coefficient (Wildman–Crippen LogP) is 4.39. The van der Waals surface area contributed by atoms with Crippen LogP contribution in [0.15, 0.2) is 0 Å². The van der Waals surface area contributed by atoms with E-state index in [9.17, 15) is 10.2 Å². The molecule has 4 saturated carbocycles. The highest BCUT2D eigenvalue weighted by atomic mass is 16.3. The molecule has 23 heavy (non-hydrogen) atoms. The molecule has 0 heterocycles. The molecular weight excluding hydrogens is 284 g/mol. The number of aliphatic hydroxyl groups excluding tert-OH is 1. The van der Waals surface area contributed by atoms with E-state index in [1.165, 1.54) is 32.1 Å². The minimum Gasteiger partial charge on any atom is -0.393 e. The molecule has 0 aromatic carbocycles. The van der Waals surface area contributed by atoms with Crippen molar-refractivity contribution in [3.63, 3.8) is 0 Å². The molecule has 9 atom stereocenters. The van der Waals surface area contributed by atoms with Crippen LogP contribution in [-0.4, -0.2) is 21.9 Å². The van der Waals surface area contributed by atoms with Gasteiger partial charge in [0.2, 0.25) is 0 Å². The van der Waals surface area contributed by atoms with E-state index in [4.69, 9.17) is 0 Å². The molecule has 4 fully saturated rings. The minimum absolute atomic E-state index is 0.0710. The molecule has 132 valence electrons. The predicted molar refractivity (Wildman–Crippen MR) is 92.9 cm³/mol. The van der Waals surface area contributed by atoms with Crippen LogP contribution in [0.4, 0.5) is 0 Å². The SMILES string of the molecule is C[C@H]1C[C@H]2C[C@](C)(O)CC[C@]2(C)[C@H]2CC[C@]3(C)[C@@H](O)CC[C@H]3[C@H]12. The Labute approximate surface area is 142 Å². The first-order valence-corrected chi connectivity index (χ1v) is 10.1. The van der Waals surface area contributed by atoms with Gasteiger partial charge in [-0.2, -0.15) is 0 Å². The molecule has 4 rings (SSSR count). The topological polar surface area (TPSA) is 40.5 Å². The number of fused-ring (bicyclic) bond motifs is 5. The average molecular weight is 321 g/mol. The smallest absolute Gasteiger partial charge is 0.0622 e. The van der Waals surface area contributed by atoms with Gasteiger partial charge in [-0.25, -0.2) is 0 Å². The quantitative estimate of drug-likeness (QED) is 0.695. The van der Waals surface area contributed by atoms with E-state index < -0.39 is 5.60 Å². The van der Waals surface area contributed by atoms with Gasteiger partial charge < -0.3 is 10.2 Å². The lowest BCUT2D eigenvalue weighted by molar-refractivity contribution is -0.168. The first kappa shape index (κ1) is 16.4. The maximum absolute atomic E-state index is 10.6. The summed E-state index contributed by atoms with van der Waals surface area (Å²) in [6.45, 7) is 9.44. The second kappa shape index (κ2) is 4.97. The normalized spacial score (nSPS) is 62.3. The van der Waals surface area contributed by atoms with Gasteiger partial charge in [-0.1, -0.05) is 20.8 Å². The molecule has 4 aliphatic rings. The van der Waals surface area contributed by atoms with Crippen molar-refractivity contribution in [2.24, 2.45) is 40.4 Å². The molecule has 0 aliphatic heterocycles. The van der Waals surface area contributed by atoms with E-state index in [1.807, 2.05) is 0 Å². The molecule has 0 unspecified atom stereocenters. The Balaban J connectivity index is 1.67. The maximum Gasteiger partial charge on any atom is 0.0622 e. The molecule has 4 aliphatic carbocycles. The molecule has 0 saturated heterocycles. The number of aliphatic hydroxyl groups is 2. The fraction of sp³-hybridized carbons (Fsp3) is 1.00. The first-order chi connectivity index (χ1) is 10.7. The van der Waals surface area contributed by atoms with E-state index in [1.54, 1.807) is 0 Å². The van der Waals surface area contributed by atoms with Crippen molar-refractivity contribution in [1.29, 1.82) is 0 Å². The fourth-order valence-corrected chi connectivity index (χ4v) is 7.79. The number of hydrogen-bond donors (Lipinski definition) is 2. The number of hydrogen-bond acceptors (Lipinski definition) is 2. The molecule has 2 nitrogen and oxygen atoms in total. The van der Waals surface area contributed by atoms with Gasteiger partial charge in [-0.3, -0.25) is 0 Å². The molecule has 0 spiro atoms. The van der Waals surface area contributed by atoms with Crippen LogP contribution in [0.1, 0.15) is 79.1 Å². The Morgan fingerprint density at radius 2 is 1.57 bits per heavy atom. The van der Waals surface area contributed by atoms with E-state index in [2.05, 4.69) is 27.7 Å². The van der Waals surface area contributed by atoms with E-state index in [0.717, 1.165) is 42.9 Å². The Morgan fingerprint density at radius 1 is 0.870 bits per heavy atom. The van der Waals surface area contributed by atoms with Crippen molar-refractivity contribution in [1.82, 2.24) is 0 Å². The third-order valence-corrected chi connectivity index (χ3v) is 9.26. The van der Waals surface area contributed by atoms with Crippen LogP contribution in [0.5, 0.6) is 0 Å². The van der Waals surface area contributed by atoms with E-state index in [0.29, 0.717) is 11.3 Å². The summed E-state index contributed by atoms with van der Waals surface area (Å²) < 4.78 is 0. The maximum atomic E-state index is 10.6. The molecular formula is C21H36O2. The van der Waals surface area contributed by atoms with Crippen molar-refractivity contribution in [2.75, 3.05) is 0 Å². The second-order valence-electron chi connectivity index (χ2n) is 10.5. The zero-order chi connectivity index (χ0) is 16.6. The third-order valence-electron chi connectivity index (χ3n) is 9.26. The summed E-state index contributed by atoms with van der Waals surface area (Å²) in [4.78, 5) is 0. The lowest BCUT2D eigenvalue weighted by Crippen LogP contribution is -2.58. The van der Waals surface area contributed by atoms with Gasteiger partial charge in [0.1, 0.15) is 0 Å². The molecule has 0 amide bonds. The zero-order valence-electron chi connectivity index (χ0n) is 15.5. The van der Waals surface area contributed by atoms with Gasteiger partial charge in [0, 0.05) is 0 Å². The Morgan fingerprint density at radius 3 is 2.30 bits per heavy atom. The highest BCUT2D eigenvalue weighted by molar-refractivity contribution is 5.11. The first-order valence-electron chi connectivity index (χ1n) is 10.1. The van der Waals surface area contributed by atoms with Crippen LogP contribution in [0.3, 0.4) is 0 Å². The zero-order valence-corrected chi connectivity index (χ0v) is 15.5. The van der Waals surface area contributed by atoms with Gasteiger partial charge in [0.15, 0.2) is 0 Å². The average Bonchev–Trinajstić information content (AvgIpc) is 2.77. The van der Waals surface area contributed by atoms with Crippen LogP contribution in [0.25, 0.3) is 0 Å². The molecule has 0 radical (unpaired) electrons. The van der Waals surface area contributed by atoms with Gasteiger partial charge in [0.05, 0.1) is 11.7 Å². The van der Waals surface area contributed by atoms with E-state index >= 15 is 0 Å². The van der Waals surface area contributed by atoms with Crippen LogP contribution in [0.2, 0.25) is 0 Å². The van der Waals surface area contributed by atoms with Crippen molar-refractivity contribution in [3.8, 4) is 0 Å². The largest absolute Gasteiger partial charge is 0.393 e. The Kier molecular flexibility index (Phi) is 3.54. The second-order valence-corrected chi connectivity index (χ2v) is 10.5.